The first-order chi connectivity index (χ1) is 14.8. The van der Waals surface area contributed by atoms with Crippen molar-refractivity contribution in [1.29, 1.82) is 0 Å². The maximum atomic E-state index is 12.3. The number of amides is 3. The van der Waals surface area contributed by atoms with E-state index < -0.39 is 56.7 Å². The fourth-order valence-corrected chi connectivity index (χ4v) is 5.48. The van der Waals surface area contributed by atoms with Crippen LogP contribution >= 0.6 is 0 Å². The van der Waals surface area contributed by atoms with Crippen molar-refractivity contribution in [2.75, 3.05) is 37.4 Å². The van der Waals surface area contributed by atoms with Crippen LogP contribution in [0, 0.1) is 0 Å². The van der Waals surface area contributed by atoms with Crippen molar-refractivity contribution in [2.24, 2.45) is 17.2 Å². The topological polar surface area (TPSA) is 225 Å². The van der Waals surface area contributed by atoms with Crippen LogP contribution in [0.1, 0.15) is 12.0 Å². The Labute approximate surface area is 188 Å². The molecule has 0 heterocycles. The summed E-state index contributed by atoms with van der Waals surface area (Å²) in [5.41, 5.74) is 13.9. The van der Waals surface area contributed by atoms with Gasteiger partial charge in [0.05, 0.1) is 31.0 Å². The van der Waals surface area contributed by atoms with Crippen LogP contribution in [0.4, 0.5) is 5.69 Å². The number of carbonyl (C=O) groups excluding carboxylic acids is 3. The first-order valence-electron chi connectivity index (χ1n) is 9.00. The number of anilines is 1. The minimum atomic E-state index is -4.20. The second kappa shape index (κ2) is 14.3. The van der Waals surface area contributed by atoms with Crippen molar-refractivity contribution >= 4 is 43.5 Å². The van der Waals surface area contributed by atoms with Gasteiger partial charge < -0.3 is 27.8 Å². The molecule has 32 heavy (non-hydrogen) atoms. The molecule has 1 rings (SSSR count). The Morgan fingerprint density at radius 2 is 1.44 bits per heavy atom. The lowest BCUT2D eigenvalue weighted by atomic mass is 10.1. The largest absolute Gasteiger partial charge is 0.370 e. The van der Waals surface area contributed by atoms with E-state index in [2.05, 4.69) is 22.1 Å². The van der Waals surface area contributed by atoms with Crippen LogP contribution < -0.4 is 31.5 Å². The molecular formula is C17H32N6O7S2. The molecule has 0 aliphatic heterocycles. The molecule has 0 saturated carbocycles. The van der Waals surface area contributed by atoms with E-state index in [9.17, 15) is 31.2 Å². The number of nitrogens with zero attached hydrogens (tertiary/aromatic N) is 1. The lowest BCUT2D eigenvalue weighted by Crippen LogP contribution is -2.48. The third-order valence-electron chi connectivity index (χ3n) is 3.45. The molecule has 0 saturated heterocycles. The van der Waals surface area contributed by atoms with Gasteiger partial charge in [0.1, 0.15) is 6.04 Å². The highest BCUT2D eigenvalue weighted by Crippen LogP contribution is 2.26. The number of hydrogen-bond donors (Lipinski definition) is 5. The summed E-state index contributed by atoms with van der Waals surface area (Å²) in [6.07, 6.45) is 0.564. The second-order valence-electron chi connectivity index (χ2n) is 5.93. The first kappa shape index (κ1) is 31.4. The van der Waals surface area contributed by atoms with E-state index in [1.165, 1.54) is 45.4 Å². The van der Waals surface area contributed by atoms with Gasteiger partial charge in [-0.05, 0) is 25.7 Å². The normalized spacial score (nSPS) is 11.5. The van der Waals surface area contributed by atoms with Crippen LogP contribution in [-0.2, 0) is 40.9 Å². The van der Waals surface area contributed by atoms with Gasteiger partial charge in [0.25, 0.3) is 0 Å². The highest BCUT2D eigenvalue weighted by molar-refractivity contribution is 8.09. The quantitative estimate of drug-likeness (QED) is 0.238. The van der Waals surface area contributed by atoms with E-state index in [0.717, 1.165) is 12.5 Å². The summed E-state index contributed by atoms with van der Waals surface area (Å²) < 4.78 is 48.2. The van der Waals surface area contributed by atoms with Gasteiger partial charge >= 0.3 is 0 Å². The molecular weight excluding hydrogens is 464 g/mol. The fourth-order valence-electron chi connectivity index (χ4n) is 2.44. The number of primary amides is 1. The zero-order valence-electron chi connectivity index (χ0n) is 18.7. The Morgan fingerprint density at radius 3 is 1.84 bits per heavy atom. The highest BCUT2D eigenvalue weighted by Gasteiger charge is 2.30. The number of carbonyl (C=O) groups is 3. The van der Waals surface area contributed by atoms with Gasteiger partial charge in [-0.25, -0.2) is 16.8 Å². The van der Waals surface area contributed by atoms with Gasteiger partial charge in [-0.1, -0.05) is 18.2 Å². The molecule has 0 aliphatic carbocycles. The maximum absolute atomic E-state index is 12.3. The fraction of sp³-hybridized carbons (Fsp3) is 0.471. The standard InChI is InChI=1S/C15H22N4O7S2.2CH5N/c1-17-15(22)11(9-13(16)20)18-14(21)8-10-6-4-5-7-12(10)19(27(2,23)24)28(3,25)26;2*1-2/h4-7,11H,8-9H2,1-3H3,(H2,16,20)(H,17,22)(H,18,21);2*2H2,1H3/t11-;;/m0../s1. The Kier molecular flexibility index (Phi) is 14.1. The minimum Gasteiger partial charge on any atom is -0.370 e. The summed E-state index contributed by atoms with van der Waals surface area (Å²) >= 11 is 0. The Balaban J connectivity index is 0. The molecule has 3 amide bonds. The summed E-state index contributed by atoms with van der Waals surface area (Å²) in [5.74, 6) is -2.19. The van der Waals surface area contributed by atoms with Gasteiger partial charge in [0.2, 0.25) is 37.8 Å². The lowest BCUT2D eigenvalue weighted by molar-refractivity contribution is -0.130. The van der Waals surface area contributed by atoms with Gasteiger partial charge in [0.15, 0.2) is 0 Å². The van der Waals surface area contributed by atoms with Gasteiger partial charge in [-0.3, -0.25) is 14.4 Å². The van der Waals surface area contributed by atoms with Gasteiger partial charge in [0, 0.05) is 7.05 Å². The Hall–Kier alpha value is -2.75. The SMILES string of the molecule is CN.CN.CNC(=O)[C@H](CC(N)=O)NC(=O)Cc1ccccc1N(S(C)(=O)=O)S(C)(=O)=O. The third kappa shape index (κ3) is 10.5. The lowest BCUT2D eigenvalue weighted by Gasteiger charge is -2.23. The molecule has 0 radical (unpaired) electrons. The molecule has 1 aromatic rings. The molecule has 13 nitrogen and oxygen atoms in total. The van der Waals surface area contributed by atoms with Crippen LogP contribution in [0.3, 0.4) is 0 Å². The summed E-state index contributed by atoms with van der Waals surface area (Å²) in [4.78, 5) is 35.2. The molecule has 1 aromatic carbocycles. The number of likely N-dealkylation sites (N-methyl/N-ethyl adjacent to an activating group) is 1. The van der Waals surface area contributed by atoms with E-state index in [1.807, 2.05) is 0 Å². The molecule has 0 fully saturated rings. The van der Waals surface area contributed by atoms with E-state index in [1.54, 1.807) is 0 Å². The molecule has 1 atom stereocenters. The Bertz CT molecular complexity index is 949. The maximum Gasteiger partial charge on any atom is 0.245 e. The smallest absolute Gasteiger partial charge is 0.245 e. The summed E-state index contributed by atoms with van der Waals surface area (Å²) in [6, 6.07) is 4.31. The second-order valence-corrected chi connectivity index (χ2v) is 9.83. The molecule has 15 heteroatoms. The first-order valence-corrected chi connectivity index (χ1v) is 12.7. The van der Waals surface area contributed by atoms with Crippen LogP contribution in [-0.4, -0.2) is 74.3 Å². The predicted octanol–water partition coefficient (Wildman–Crippen LogP) is -2.79. The third-order valence-corrected chi connectivity index (χ3v) is 6.67. The monoisotopic (exact) mass is 496 g/mol. The number of nitrogens with two attached hydrogens (primary N) is 3. The molecule has 0 unspecified atom stereocenters. The molecule has 0 bridgehead atoms. The Morgan fingerprint density at radius 1 is 0.969 bits per heavy atom. The highest BCUT2D eigenvalue weighted by atomic mass is 32.3. The number of hydrogen-bond acceptors (Lipinski definition) is 9. The average molecular weight is 497 g/mol. The predicted molar refractivity (Wildman–Crippen MR) is 122 cm³/mol. The van der Waals surface area contributed by atoms with Gasteiger partial charge in [-0.2, -0.15) is 3.71 Å². The molecule has 184 valence electrons. The van der Waals surface area contributed by atoms with Crippen molar-refractivity contribution in [2.45, 2.75) is 18.9 Å². The van der Waals surface area contributed by atoms with Crippen molar-refractivity contribution in [3.05, 3.63) is 29.8 Å². The average Bonchev–Trinajstić information content (AvgIpc) is 2.69. The van der Waals surface area contributed by atoms with E-state index in [-0.39, 0.29) is 15.0 Å². The van der Waals surface area contributed by atoms with Crippen LogP contribution in [0.25, 0.3) is 0 Å². The molecule has 0 aromatic heterocycles. The summed E-state index contributed by atoms with van der Waals surface area (Å²) in [6.45, 7) is 0. The van der Waals surface area contributed by atoms with E-state index in [4.69, 9.17) is 5.73 Å². The minimum absolute atomic E-state index is 0.0885. The number of sulfonamides is 2. The van der Waals surface area contributed by atoms with Crippen molar-refractivity contribution in [3.8, 4) is 0 Å². The number of nitrogens with one attached hydrogen (secondary N) is 2. The molecule has 0 aliphatic rings. The number of rotatable bonds is 9. The molecule has 0 spiro atoms. The van der Waals surface area contributed by atoms with Crippen molar-refractivity contribution in [1.82, 2.24) is 10.6 Å². The zero-order valence-corrected chi connectivity index (χ0v) is 20.3. The number of para-hydroxylation sites is 1. The summed E-state index contributed by atoms with van der Waals surface area (Å²) in [5, 5.41) is 4.60. The van der Waals surface area contributed by atoms with Crippen LogP contribution in [0.15, 0.2) is 24.3 Å². The number of benzene rings is 1. The molecule has 8 N–H and O–H groups in total. The summed E-state index contributed by atoms with van der Waals surface area (Å²) in [7, 11) is -4.09. The van der Waals surface area contributed by atoms with Crippen molar-refractivity contribution in [3.63, 3.8) is 0 Å². The van der Waals surface area contributed by atoms with Crippen LogP contribution in [0.5, 0.6) is 0 Å². The van der Waals surface area contributed by atoms with Gasteiger partial charge in [-0.15, -0.1) is 0 Å². The van der Waals surface area contributed by atoms with Crippen molar-refractivity contribution < 1.29 is 31.2 Å². The zero-order chi connectivity index (χ0) is 25.7. The van der Waals surface area contributed by atoms with Crippen LogP contribution in [0.2, 0.25) is 0 Å². The van der Waals surface area contributed by atoms with E-state index >= 15 is 0 Å². The van der Waals surface area contributed by atoms with E-state index in [0.29, 0.717) is 0 Å².